The Labute approximate surface area is 114 Å². The second-order valence-corrected chi connectivity index (χ2v) is 5.62. The molecule has 0 heterocycles. The minimum atomic E-state index is -0.315. The Morgan fingerprint density at radius 1 is 1.37 bits per heavy atom. The number of carbonyl (C=O) groups is 1. The quantitative estimate of drug-likeness (QED) is 0.872. The molecule has 0 aliphatic heterocycles. The highest BCUT2D eigenvalue weighted by atomic mass is 16.3. The number of carbonyl (C=O) groups excluding carboxylic acids is 1. The van der Waals surface area contributed by atoms with Gasteiger partial charge in [-0.2, -0.15) is 0 Å². The topological polar surface area (TPSA) is 66.6 Å². The number of benzene rings is 1. The van der Waals surface area contributed by atoms with Gasteiger partial charge in [0.2, 0.25) is 5.91 Å². The first kappa shape index (κ1) is 13.9. The summed E-state index contributed by atoms with van der Waals surface area (Å²) in [6, 6.07) is 7.09. The zero-order valence-electron chi connectivity index (χ0n) is 11.4. The van der Waals surface area contributed by atoms with Crippen LogP contribution in [0, 0.1) is 0 Å². The highest BCUT2D eigenvalue weighted by molar-refractivity contribution is 5.77. The van der Waals surface area contributed by atoms with Crippen LogP contribution in [0.5, 0.6) is 5.75 Å². The minimum Gasteiger partial charge on any atom is -0.508 e. The zero-order chi connectivity index (χ0) is 13.9. The largest absolute Gasteiger partial charge is 0.508 e. The molecule has 2 rings (SSSR count). The summed E-state index contributed by atoms with van der Waals surface area (Å²) in [5, 5.41) is 9.71. The fraction of sp³-hybridized carbons (Fsp3) is 0.533. The van der Waals surface area contributed by atoms with E-state index in [-0.39, 0.29) is 17.2 Å². The third-order valence-corrected chi connectivity index (χ3v) is 3.93. The van der Waals surface area contributed by atoms with Gasteiger partial charge in [0, 0.05) is 31.1 Å². The molecule has 0 spiro atoms. The van der Waals surface area contributed by atoms with E-state index in [0.717, 1.165) is 31.2 Å². The number of aromatic hydroxyl groups is 1. The summed E-state index contributed by atoms with van der Waals surface area (Å²) in [7, 11) is 1.76. The van der Waals surface area contributed by atoms with Gasteiger partial charge < -0.3 is 15.7 Å². The number of nitrogens with zero attached hydrogens (tertiary/aromatic N) is 1. The van der Waals surface area contributed by atoms with E-state index < -0.39 is 0 Å². The highest BCUT2D eigenvalue weighted by Gasteiger charge is 2.32. The minimum absolute atomic E-state index is 0.0488. The monoisotopic (exact) mass is 262 g/mol. The molecule has 1 amide bonds. The smallest absolute Gasteiger partial charge is 0.224 e. The van der Waals surface area contributed by atoms with Crippen molar-refractivity contribution >= 4 is 5.91 Å². The summed E-state index contributed by atoms with van der Waals surface area (Å²) in [5.41, 5.74) is 6.67. The van der Waals surface area contributed by atoms with Crippen LogP contribution in [-0.4, -0.2) is 28.5 Å². The first-order chi connectivity index (χ1) is 9.00. The summed E-state index contributed by atoms with van der Waals surface area (Å²) in [6.45, 7) is 0.418. The number of hydrogen-bond acceptors (Lipinski definition) is 3. The van der Waals surface area contributed by atoms with Crippen molar-refractivity contribution in [3.8, 4) is 5.75 Å². The fourth-order valence-corrected chi connectivity index (χ4v) is 2.68. The van der Waals surface area contributed by atoms with E-state index in [1.165, 1.54) is 0 Å². The van der Waals surface area contributed by atoms with Gasteiger partial charge >= 0.3 is 0 Å². The summed E-state index contributed by atoms with van der Waals surface area (Å²) in [5.74, 6) is 0.276. The van der Waals surface area contributed by atoms with Gasteiger partial charge in [-0.05, 0) is 18.9 Å². The Kier molecular flexibility index (Phi) is 4.10. The molecule has 0 atom stereocenters. The predicted molar refractivity (Wildman–Crippen MR) is 74.6 cm³/mol. The van der Waals surface area contributed by atoms with Gasteiger partial charge in [0.25, 0.3) is 0 Å². The van der Waals surface area contributed by atoms with Crippen LogP contribution in [0.3, 0.4) is 0 Å². The third kappa shape index (κ3) is 3.47. The van der Waals surface area contributed by atoms with Crippen LogP contribution >= 0.6 is 0 Å². The number of nitrogens with two attached hydrogens (primary N) is 1. The maximum atomic E-state index is 12.2. The van der Waals surface area contributed by atoms with E-state index in [0.29, 0.717) is 13.0 Å². The van der Waals surface area contributed by atoms with Gasteiger partial charge in [0.15, 0.2) is 0 Å². The van der Waals surface area contributed by atoms with Gasteiger partial charge in [0.05, 0.1) is 0 Å². The molecule has 1 aliphatic carbocycles. The second-order valence-electron chi connectivity index (χ2n) is 5.62. The number of para-hydroxylation sites is 1. The number of hydrogen-bond donors (Lipinski definition) is 2. The molecular weight excluding hydrogens is 240 g/mol. The molecule has 104 valence electrons. The second kappa shape index (κ2) is 5.61. The van der Waals surface area contributed by atoms with Crippen molar-refractivity contribution in [2.75, 3.05) is 7.05 Å². The maximum Gasteiger partial charge on any atom is 0.224 e. The lowest BCUT2D eigenvalue weighted by atomic mass is 9.94. The van der Waals surface area contributed by atoms with Crippen LogP contribution < -0.4 is 5.73 Å². The molecule has 0 radical (unpaired) electrons. The van der Waals surface area contributed by atoms with Crippen LogP contribution in [-0.2, 0) is 11.3 Å². The average molecular weight is 262 g/mol. The summed E-state index contributed by atoms with van der Waals surface area (Å²) in [6.07, 6.45) is 4.50. The number of phenolic OH excluding ortho intramolecular Hbond substituents is 1. The lowest BCUT2D eigenvalue weighted by molar-refractivity contribution is -0.131. The van der Waals surface area contributed by atoms with Crippen molar-refractivity contribution in [3.63, 3.8) is 0 Å². The van der Waals surface area contributed by atoms with E-state index in [2.05, 4.69) is 0 Å². The Bertz CT molecular complexity index is 453. The zero-order valence-corrected chi connectivity index (χ0v) is 11.4. The molecule has 4 nitrogen and oxygen atoms in total. The van der Waals surface area contributed by atoms with E-state index in [1.807, 2.05) is 12.1 Å². The fourth-order valence-electron chi connectivity index (χ4n) is 2.68. The predicted octanol–water partition coefficient (Wildman–Crippen LogP) is 2.01. The Hall–Kier alpha value is -1.55. The molecule has 1 aromatic rings. The maximum absolute atomic E-state index is 12.2. The molecule has 0 unspecified atom stereocenters. The van der Waals surface area contributed by atoms with E-state index in [4.69, 9.17) is 5.73 Å². The standard InChI is InChI=1S/C15H22N2O2/c1-17(11-12-6-2-3-7-13(12)18)14(19)10-15(16)8-4-5-9-15/h2-3,6-7,18H,4-5,8-11,16H2,1H3. The lowest BCUT2D eigenvalue weighted by Crippen LogP contribution is -2.42. The van der Waals surface area contributed by atoms with Crippen molar-refractivity contribution in [1.82, 2.24) is 4.90 Å². The lowest BCUT2D eigenvalue weighted by Gasteiger charge is -2.26. The van der Waals surface area contributed by atoms with Crippen LogP contribution in [0.1, 0.15) is 37.7 Å². The molecule has 1 aliphatic rings. The van der Waals surface area contributed by atoms with Crippen LogP contribution in [0.2, 0.25) is 0 Å². The van der Waals surface area contributed by atoms with Gasteiger partial charge in [-0.25, -0.2) is 0 Å². The molecular formula is C15H22N2O2. The SMILES string of the molecule is CN(Cc1ccccc1O)C(=O)CC1(N)CCCC1. The van der Waals surface area contributed by atoms with Crippen LogP contribution in [0.15, 0.2) is 24.3 Å². The van der Waals surface area contributed by atoms with Gasteiger partial charge in [-0.1, -0.05) is 31.0 Å². The van der Waals surface area contributed by atoms with Crippen molar-refractivity contribution in [3.05, 3.63) is 29.8 Å². The first-order valence-corrected chi connectivity index (χ1v) is 6.80. The van der Waals surface area contributed by atoms with E-state index in [9.17, 15) is 9.90 Å². The molecule has 3 N–H and O–H groups in total. The van der Waals surface area contributed by atoms with Crippen molar-refractivity contribution in [2.45, 2.75) is 44.2 Å². The van der Waals surface area contributed by atoms with E-state index >= 15 is 0 Å². The molecule has 1 saturated carbocycles. The molecule has 1 aromatic carbocycles. The van der Waals surface area contributed by atoms with Gasteiger partial charge in [-0.3, -0.25) is 4.79 Å². The van der Waals surface area contributed by atoms with Gasteiger partial charge in [-0.15, -0.1) is 0 Å². The molecule has 0 saturated heterocycles. The van der Waals surface area contributed by atoms with Crippen LogP contribution in [0.4, 0.5) is 0 Å². The third-order valence-electron chi connectivity index (χ3n) is 3.93. The Morgan fingerprint density at radius 3 is 2.63 bits per heavy atom. The number of amides is 1. The van der Waals surface area contributed by atoms with Gasteiger partial charge in [0.1, 0.15) is 5.75 Å². The van der Waals surface area contributed by atoms with Crippen molar-refractivity contribution in [2.24, 2.45) is 5.73 Å². The molecule has 19 heavy (non-hydrogen) atoms. The van der Waals surface area contributed by atoms with Crippen molar-refractivity contribution in [1.29, 1.82) is 0 Å². The normalized spacial score (nSPS) is 17.4. The summed E-state index contributed by atoms with van der Waals surface area (Å²) < 4.78 is 0. The molecule has 0 bridgehead atoms. The summed E-state index contributed by atoms with van der Waals surface area (Å²) >= 11 is 0. The molecule has 4 heteroatoms. The van der Waals surface area contributed by atoms with E-state index in [1.54, 1.807) is 24.1 Å². The average Bonchev–Trinajstić information content (AvgIpc) is 2.78. The Balaban J connectivity index is 1.94. The number of rotatable bonds is 4. The summed E-state index contributed by atoms with van der Waals surface area (Å²) in [4.78, 5) is 13.8. The van der Waals surface area contributed by atoms with Crippen molar-refractivity contribution < 1.29 is 9.90 Å². The molecule has 1 fully saturated rings. The Morgan fingerprint density at radius 2 is 2.00 bits per heavy atom. The first-order valence-electron chi connectivity index (χ1n) is 6.80. The van der Waals surface area contributed by atoms with Crippen LogP contribution in [0.25, 0.3) is 0 Å². The number of phenols is 1. The molecule has 0 aromatic heterocycles. The highest BCUT2D eigenvalue weighted by Crippen LogP contribution is 2.30.